The van der Waals surface area contributed by atoms with Crippen LogP contribution in [0.5, 0.6) is 0 Å². The minimum absolute atomic E-state index is 0.727. The summed E-state index contributed by atoms with van der Waals surface area (Å²) in [6.07, 6.45) is 3.50. The van der Waals surface area contributed by atoms with Gasteiger partial charge in [0.1, 0.15) is 0 Å². The van der Waals surface area contributed by atoms with Crippen LogP contribution in [0.1, 0.15) is 20.3 Å². The molecule has 0 radical (unpaired) electrons. The second kappa shape index (κ2) is 6.77. The van der Waals surface area contributed by atoms with Crippen LogP contribution in [0.3, 0.4) is 0 Å². The summed E-state index contributed by atoms with van der Waals surface area (Å²) in [4.78, 5) is 2.53. The zero-order valence-electron chi connectivity index (χ0n) is 10.6. The first-order chi connectivity index (χ1) is 7.15. The van der Waals surface area contributed by atoms with E-state index in [0.717, 1.165) is 17.9 Å². The van der Waals surface area contributed by atoms with E-state index in [4.69, 9.17) is 0 Å². The monoisotopic (exact) mass is 230 g/mol. The van der Waals surface area contributed by atoms with E-state index in [9.17, 15) is 0 Å². The van der Waals surface area contributed by atoms with Crippen LogP contribution in [0, 0.1) is 11.8 Å². The molecule has 1 aliphatic rings. The van der Waals surface area contributed by atoms with Crippen LogP contribution in [-0.2, 0) is 0 Å². The predicted octanol–water partition coefficient (Wildman–Crippen LogP) is 1.92. The maximum Gasteiger partial charge on any atom is 0.00718 e. The summed E-state index contributed by atoms with van der Waals surface area (Å²) >= 11 is 1.95. The second-order valence-corrected chi connectivity index (χ2v) is 5.95. The Morgan fingerprint density at radius 1 is 1.47 bits per heavy atom. The Balaban J connectivity index is 2.24. The van der Waals surface area contributed by atoms with Crippen LogP contribution < -0.4 is 5.32 Å². The van der Waals surface area contributed by atoms with Crippen molar-refractivity contribution in [2.75, 3.05) is 38.7 Å². The van der Waals surface area contributed by atoms with Crippen molar-refractivity contribution in [3.63, 3.8) is 0 Å². The van der Waals surface area contributed by atoms with Crippen molar-refractivity contribution in [3.05, 3.63) is 0 Å². The number of thioether (sulfide) groups is 1. The van der Waals surface area contributed by atoms with Gasteiger partial charge in [0.05, 0.1) is 0 Å². The standard InChI is InChI=1S/C12H26N2S/c1-10-7-13-8-12(10)9-14(3)11(2)5-6-15-4/h10-13H,5-9H2,1-4H3/t10-,11?,12+/m1/s1. The summed E-state index contributed by atoms with van der Waals surface area (Å²) < 4.78 is 0. The Bertz CT molecular complexity index is 175. The molecule has 0 spiro atoms. The molecule has 3 heteroatoms. The van der Waals surface area contributed by atoms with Crippen molar-refractivity contribution < 1.29 is 0 Å². The number of nitrogens with one attached hydrogen (secondary N) is 1. The molecule has 0 aromatic rings. The van der Waals surface area contributed by atoms with Gasteiger partial charge >= 0.3 is 0 Å². The highest BCUT2D eigenvalue weighted by atomic mass is 32.2. The van der Waals surface area contributed by atoms with E-state index in [1.54, 1.807) is 0 Å². The van der Waals surface area contributed by atoms with Crippen molar-refractivity contribution in [1.29, 1.82) is 0 Å². The summed E-state index contributed by atoms with van der Waals surface area (Å²) in [7, 11) is 2.27. The smallest absolute Gasteiger partial charge is 0.00718 e. The van der Waals surface area contributed by atoms with Crippen LogP contribution in [0.2, 0.25) is 0 Å². The summed E-state index contributed by atoms with van der Waals surface area (Å²) in [5.41, 5.74) is 0. The molecular weight excluding hydrogens is 204 g/mol. The number of nitrogens with zero attached hydrogens (tertiary/aromatic N) is 1. The van der Waals surface area contributed by atoms with E-state index in [0.29, 0.717) is 0 Å². The van der Waals surface area contributed by atoms with E-state index in [1.807, 2.05) is 11.8 Å². The Labute approximate surface area is 99.2 Å². The van der Waals surface area contributed by atoms with E-state index in [-0.39, 0.29) is 0 Å². The largest absolute Gasteiger partial charge is 0.316 e. The van der Waals surface area contributed by atoms with Crippen molar-refractivity contribution >= 4 is 11.8 Å². The van der Waals surface area contributed by atoms with Crippen molar-refractivity contribution in [2.24, 2.45) is 11.8 Å². The highest BCUT2D eigenvalue weighted by Crippen LogP contribution is 2.18. The Morgan fingerprint density at radius 3 is 2.73 bits per heavy atom. The zero-order chi connectivity index (χ0) is 11.3. The molecule has 1 aliphatic heterocycles. The summed E-state index contributed by atoms with van der Waals surface area (Å²) in [6.45, 7) is 8.39. The molecule has 0 aliphatic carbocycles. The molecule has 1 N–H and O–H groups in total. The fourth-order valence-electron chi connectivity index (χ4n) is 2.17. The third kappa shape index (κ3) is 4.33. The average Bonchev–Trinajstić information content (AvgIpc) is 2.61. The first-order valence-electron chi connectivity index (χ1n) is 6.05. The lowest BCUT2D eigenvalue weighted by Gasteiger charge is -2.28. The van der Waals surface area contributed by atoms with Crippen LogP contribution in [0.4, 0.5) is 0 Å². The number of rotatable bonds is 6. The second-order valence-electron chi connectivity index (χ2n) is 4.97. The lowest BCUT2D eigenvalue weighted by atomic mass is 9.97. The molecule has 0 saturated carbocycles. The van der Waals surface area contributed by atoms with E-state index in [1.165, 1.54) is 31.8 Å². The molecular formula is C12H26N2S. The van der Waals surface area contributed by atoms with Crippen LogP contribution >= 0.6 is 11.8 Å². The highest BCUT2D eigenvalue weighted by Gasteiger charge is 2.25. The van der Waals surface area contributed by atoms with Gasteiger partial charge in [0.15, 0.2) is 0 Å². The van der Waals surface area contributed by atoms with E-state index < -0.39 is 0 Å². The maximum absolute atomic E-state index is 3.48. The fraction of sp³-hybridized carbons (Fsp3) is 1.00. The normalized spacial score (nSPS) is 28.6. The van der Waals surface area contributed by atoms with Gasteiger partial charge in [-0.15, -0.1) is 0 Å². The molecule has 0 amide bonds. The van der Waals surface area contributed by atoms with Gasteiger partial charge in [0, 0.05) is 12.6 Å². The summed E-state index contributed by atoms with van der Waals surface area (Å²) in [5, 5.41) is 3.48. The van der Waals surface area contributed by atoms with Gasteiger partial charge < -0.3 is 10.2 Å². The Hall–Kier alpha value is 0.270. The maximum atomic E-state index is 3.48. The number of hydrogen-bond acceptors (Lipinski definition) is 3. The lowest BCUT2D eigenvalue weighted by Crippen LogP contribution is -2.36. The van der Waals surface area contributed by atoms with Gasteiger partial charge in [-0.05, 0) is 57.3 Å². The van der Waals surface area contributed by atoms with Crippen molar-refractivity contribution in [3.8, 4) is 0 Å². The molecule has 1 heterocycles. The third-order valence-corrected chi connectivity index (χ3v) is 4.34. The Morgan fingerprint density at radius 2 is 2.20 bits per heavy atom. The third-order valence-electron chi connectivity index (χ3n) is 3.69. The fourth-order valence-corrected chi connectivity index (χ4v) is 2.74. The van der Waals surface area contributed by atoms with E-state index >= 15 is 0 Å². The summed E-state index contributed by atoms with van der Waals surface area (Å²) in [6, 6.07) is 0.727. The van der Waals surface area contributed by atoms with Gasteiger partial charge in [0.25, 0.3) is 0 Å². The minimum Gasteiger partial charge on any atom is -0.316 e. The molecule has 0 aromatic heterocycles. The van der Waals surface area contributed by atoms with Gasteiger partial charge in [-0.25, -0.2) is 0 Å². The van der Waals surface area contributed by atoms with Crippen LogP contribution in [0.15, 0.2) is 0 Å². The molecule has 15 heavy (non-hydrogen) atoms. The highest BCUT2D eigenvalue weighted by molar-refractivity contribution is 7.98. The van der Waals surface area contributed by atoms with Gasteiger partial charge in [-0.2, -0.15) is 11.8 Å². The predicted molar refractivity (Wildman–Crippen MR) is 70.6 cm³/mol. The van der Waals surface area contributed by atoms with Gasteiger partial charge in [0.2, 0.25) is 0 Å². The molecule has 1 saturated heterocycles. The topological polar surface area (TPSA) is 15.3 Å². The molecule has 1 unspecified atom stereocenters. The molecule has 0 aromatic carbocycles. The lowest BCUT2D eigenvalue weighted by molar-refractivity contribution is 0.204. The molecule has 3 atom stereocenters. The average molecular weight is 230 g/mol. The molecule has 0 bridgehead atoms. The summed E-state index contributed by atoms with van der Waals surface area (Å²) in [5.74, 6) is 2.98. The van der Waals surface area contributed by atoms with E-state index in [2.05, 4.69) is 37.4 Å². The first kappa shape index (κ1) is 13.3. The zero-order valence-corrected chi connectivity index (χ0v) is 11.4. The van der Waals surface area contributed by atoms with Crippen molar-refractivity contribution in [1.82, 2.24) is 10.2 Å². The number of hydrogen-bond donors (Lipinski definition) is 1. The Kier molecular flexibility index (Phi) is 6.02. The molecule has 2 nitrogen and oxygen atoms in total. The first-order valence-corrected chi connectivity index (χ1v) is 7.44. The van der Waals surface area contributed by atoms with Crippen molar-refractivity contribution in [2.45, 2.75) is 26.3 Å². The molecule has 1 rings (SSSR count). The van der Waals surface area contributed by atoms with Gasteiger partial charge in [-0.3, -0.25) is 0 Å². The quantitative estimate of drug-likeness (QED) is 0.750. The van der Waals surface area contributed by atoms with Crippen LogP contribution in [-0.4, -0.2) is 49.6 Å². The van der Waals surface area contributed by atoms with Crippen LogP contribution in [0.25, 0.3) is 0 Å². The molecule has 90 valence electrons. The SMILES string of the molecule is CSCCC(C)N(C)C[C@@H]1CNC[C@H]1C. The van der Waals surface area contributed by atoms with Gasteiger partial charge in [-0.1, -0.05) is 6.92 Å². The molecule has 1 fully saturated rings. The minimum atomic E-state index is 0.727.